The third-order valence-corrected chi connectivity index (χ3v) is 12.0. The van der Waals surface area contributed by atoms with Gasteiger partial charge in [0, 0.05) is 51.2 Å². The van der Waals surface area contributed by atoms with Crippen molar-refractivity contribution in [1.29, 1.82) is 0 Å². The number of fused-ring (bicyclic) bond motifs is 2. The molecule has 0 saturated carbocycles. The Balaban J connectivity index is 1.15. The number of halogens is 1. The highest BCUT2D eigenvalue weighted by Gasteiger charge is 2.24. The van der Waals surface area contributed by atoms with Crippen LogP contribution >= 0.6 is 0 Å². The van der Waals surface area contributed by atoms with Crippen LogP contribution in [0, 0.1) is 18.9 Å². The molecule has 1 N–H and O–H groups in total. The molecular weight excluding hydrogens is 714 g/mol. The molecule has 0 bridgehead atoms. The minimum absolute atomic E-state index is 0.198. The summed E-state index contributed by atoms with van der Waals surface area (Å²) in [4.78, 5) is 15.9. The van der Waals surface area contributed by atoms with Gasteiger partial charge in [-0.2, -0.15) is 4.39 Å². The van der Waals surface area contributed by atoms with Gasteiger partial charge in [-0.15, -0.1) is 0 Å². The van der Waals surface area contributed by atoms with Gasteiger partial charge in [0.15, 0.2) is 10.6 Å². The molecule has 9 nitrogen and oxygen atoms in total. The van der Waals surface area contributed by atoms with Gasteiger partial charge >= 0.3 is 0 Å². The van der Waals surface area contributed by atoms with E-state index < -0.39 is 17.3 Å². The zero-order valence-corrected chi connectivity index (χ0v) is 33.3. The van der Waals surface area contributed by atoms with E-state index in [0.29, 0.717) is 42.0 Å². The lowest BCUT2D eigenvalue weighted by Crippen LogP contribution is -2.34. The van der Waals surface area contributed by atoms with Crippen molar-refractivity contribution in [2.75, 3.05) is 51.0 Å². The second kappa shape index (κ2) is 18.7. The first-order valence-electron chi connectivity index (χ1n) is 20.0. The van der Waals surface area contributed by atoms with Gasteiger partial charge in [-0.05, 0) is 127 Å². The van der Waals surface area contributed by atoms with Crippen molar-refractivity contribution in [2.45, 2.75) is 82.9 Å². The summed E-state index contributed by atoms with van der Waals surface area (Å²) in [5.74, 6) is 2.47. The van der Waals surface area contributed by atoms with Gasteiger partial charge in [-0.25, -0.2) is 9.97 Å². The number of unbranched alkanes of at least 4 members (excludes halogenated alkanes) is 1. The molecule has 0 spiro atoms. The monoisotopic (exact) mass is 767 g/mol. The van der Waals surface area contributed by atoms with Crippen LogP contribution in [-0.2, 0) is 32.9 Å². The molecule has 292 valence electrons. The van der Waals surface area contributed by atoms with Crippen LogP contribution in [0.5, 0.6) is 5.75 Å². The molecule has 4 heterocycles. The summed E-state index contributed by atoms with van der Waals surface area (Å²) in [7, 11) is 0. The summed E-state index contributed by atoms with van der Waals surface area (Å²) >= 11 is -1.39. The number of allylic oxidation sites excluding steroid dienone is 1. The number of rotatable bonds is 16. The molecule has 1 atom stereocenters. The number of aryl methyl sites for hydroxylation is 1. The number of nitrogens with one attached hydrogen (secondary N) is 1. The van der Waals surface area contributed by atoms with E-state index in [1.54, 1.807) is 11.5 Å². The molecule has 11 heteroatoms. The van der Waals surface area contributed by atoms with Crippen LogP contribution in [0.1, 0.15) is 81.6 Å². The molecule has 2 aliphatic rings. The fourth-order valence-corrected chi connectivity index (χ4v) is 8.84. The first kappa shape index (κ1) is 39.1. The number of aromatic nitrogens is 4. The van der Waals surface area contributed by atoms with E-state index in [1.807, 2.05) is 37.3 Å². The van der Waals surface area contributed by atoms with Crippen molar-refractivity contribution < 1.29 is 23.2 Å². The van der Waals surface area contributed by atoms with Crippen molar-refractivity contribution in [3.05, 3.63) is 89.5 Å². The number of nitrogens with zero attached hydrogens (tertiary/aromatic N) is 4. The zero-order chi connectivity index (χ0) is 38.1. The average molecular weight is 768 g/mol. The van der Waals surface area contributed by atoms with Crippen molar-refractivity contribution in [3.63, 3.8) is 0 Å². The number of anilines is 1. The summed E-state index contributed by atoms with van der Waals surface area (Å²) in [6.45, 7) is 12.0. The Morgan fingerprint density at radius 1 is 0.964 bits per heavy atom. The Bertz CT molecular complexity index is 2060. The summed E-state index contributed by atoms with van der Waals surface area (Å²) in [5, 5.41) is 0. The van der Waals surface area contributed by atoms with Crippen LogP contribution in [-0.4, -0.2) is 70.2 Å². The highest BCUT2D eigenvalue weighted by Crippen LogP contribution is 2.36. The highest BCUT2D eigenvalue weighted by molar-refractivity contribution is 7.90. The molecule has 0 radical (unpaired) electrons. The molecule has 2 aromatic heterocycles. The Morgan fingerprint density at radius 3 is 2.58 bits per heavy atom. The van der Waals surface area contributed by atoms with Gasteiger partial charge in [0.05, 0.1) is 29.0 Å². The van der Waals surface area contributed by atoms with Crippen LogP contribution in [0.15, 0.2) is 65.6 Å². The maximum atomic E-state index is 14.5. The Kier molecular flexibility index (Phi) is 13.3. The molecular formula is C44H54FN5O4S. The van der Waals surface area contributed by atoms with Gasteiger partial charge in [0.1, 0.15) is 18.2 Å². The predicted octanol–water partition coefficient (Wildman–Crippen LogP) is 9.35. The molecule has 1 saturated heterocycles. The number of H-pyrrole nitrogens is 1. The normalized spacial score (nSPS) is 16.7. The van der Waals surface area contributed by atoms with Crippen LogP contribution in [0.25, 0.3) is 33.8 Å². The third kappa shape index (κ3) is 9.63. The number of hydrogen-bond donors (Lipinski definition) is 1. The number of hydrogen-bond acceptors (Lipinski definition) is 7. The minimum Gasteiger partial charge on any atom is -0.611 e. The van der Waals surface area contributed by atoms with Crippen LogP contribution in [0.3, 0.4) is 0 Å². The van der Waals surface area contributed by atoms with Gasteiger partial charge in [-0.3, -0.25) is 4.57 Å². The third-order valence-electron chi connectivity index (χ3n) is 10.7. The summed E-state index contributed by atoms with van der Waals surface area (Å²) in [5.41, 5.74) is 8.72. The maximum absolute atomic E-state index is 14.5. The summed E-state index contributed by atoms with van der Waals surface area (Å²) in [6, 6.07) is 20.9. The van der Waals surface area contributed by atoms with E-state index in [-0.39, 0.29) is 5.75 Å². The molecule has 7 rings (SSSR count). The van der Waals surface area contributed by atoms with Gasteiger partial charge in [0.25, 0.3) is 6.08 Å². The van der Waals surface area contributed by atoms with E-state index in [9.17, 15) is 8.94 Å². The lowest BCUT2D eigenvalue weighted by molar-refractivity contribution is 0.0682. The average Bonchev–Trinajstić information content (AvgIpc) is 3.74. The van der Waals surface area contributed by atoms with Crippen molar-refractivity contribution in [3.8, 4) is 16.9 Å². The molecule has 0 aliphatic carbocycles. The SMILES string of the molecule is CCCCOCCOc1ccc(-c2ccc3c(c2)/C=C(/c2nc4cc([S+]([O-])Cc5c(C)nc(F)n5CCC)ccc4[nH]2)CCCN3CC2CCOCC2)cc1. The standard InChI is InChI=1S/C44H54FN5O4S/c1-4-6-21-52-24-25-54-37-12-9-33(10-13-37)34-11-16-41-36(26-34)27-35(8-7-20-49(41)29-32-17-22-53-23-18-32)43-47-39-15-14-38(28-40(39)48-43)55(51)30-42-31(3)46-44(45)50(42)19-5-2/h9-16,26-28,32H,4-8,17-25,29-30H2,1-3H3,(H,47,48)/b35-27+. The van der Waals surface area contributed by atoms with E-state index in [0.717, 1.165) is 123 Å². The van der Waals surface area contributed by atoms with Crippen molar-refractivity contribution in [1.82, 2.24) is 19.5 Å². The van der Waals surface area contributed by atoms with Crippen LogP contribution < -0.4 is 9.64 Å². The van der Waals surface area contributed by atoms with Gasteiger partial charge in [0.2, 0.25) is 0 Å². The van der Waals surface area contributed by atoms with Crippen LogP contribution in [0.4, 0.5) is 10.1 Å². The Hall–Kier alpha value is -4.16. The topological polar surface area (TPSA) is 100 Å². The smallest absolute Gasteiger partial charge is 0.289 e. The first-order valence-corrected chi connectivity index (χ1v) is 21.3. The lowest BCUT2D eigenvalue weighted by Gasteiger charge is -2.33. The second-order valence-electron chi connectivity index (χ2n) is 14.7. The molecule has 2 aliphatic heterocycles. The molecule has 1 fully saturated rings. The van der Waals surface area contributed by atoms with Gasteiger partial charge < -0.3 is 28.6 Å². The predicted molar refractivity (Wildman–Crippen MR) is 219 cm³/mol. The molecule has 3 aromatic carbocycles. The maximum Gasteiger partial charge on any atom is 0.289 e. The van der Waals surface area contributed by atoms with E-state index in [4.69, 9.17) is 19.2 Å². The van der Waals surface area contributed by atoms with E-state index >= 15 is 0 Å². The van der Waals surface area contributed by atoms with E-state index in [2.05, 4.69) is 58.2 Å². The fraction of sp³-hybridized carbons (Fsp3) is 0.455. The summed E-state index contributed by atoms with van der Waals surface area (Å²) < 4.78 is 46.9. The van der Waals surface area contributed by atoms with Crippen molar-refractivity contribution in [2.24, 2.45) is 5.92 Å². The quantitative estimate of drug-likeness (QED) is 0.0789. The van der Waals surface area contributed by atoms with Gasteiger partial charge in [-0.1, -0.05) is 38.5 Å². The fourth-order valence-electron chi connectivity index (χ4n) is 7.60. The Labute approximate surface area is 327 Å². The second-order valence-corrected chi connectivity index (χ2v) is 16.2. The molecule has 55 heavy (non-hydrogen) atoms. The number of aromatic amines is 1. The minimum atomic E-state index is -1.39. The molecule has 0 amide bonds. The largest absolute Gasteiger partial charge is 0.611 e. The number of ether oxygens (including phenoxy) is 3. The summed E-state index contributed by atoms with van der Waals surface area (Å²) in [6.07, 6.45) is 8.79. The molecule has 1 unspecified atom stereocenters. The zero-order valence-electron chi connectivity index (χ0n) is 32.4. The molecule has 5 aromatic rings. The first-order chi connectivity index (χ1) is 26.9. The lowest BCUT2D eigenvalue weighted by atomic mass is 9.94. The number of imidazole rings is 2. The van der Waals surface area contributed by atoms with Crippen LogP contribution in [0.2, 0.25) is 0 Å². The highest BCUT2D eigenvalue weighted by atomic mass is 32.2. The van der Waals surface area contributed by atoms with Crippen molar-refractivity contribution >= 4 is 39.5 Å². The Morgan fingerprint density at radius 2 is 1.78 bits per heavy atom. The number of benzene rings is 3. The van der Waals surface area contributed by atoms with E-state index in [1.165, 1.54) is 5.69 Å².